The first kappa shape index (κ1) is 118. The molecule has 0 spiro atoms. The van der Waals surface area contributed by atoms with Crippen molar-refractivity contribution in [2.24, 2.45) is 35.3 Å². The van der Waals surface area contributed by atoms with Crippen molar-refractivity contribution >= 4 is 51.0 Å². The van der Waals surface area contributed by atoms with Crippen molar-refractivity contribution in [1.29, 1.82) is 11.1 Å². The van der Waals surface area contributed by atoms with Crippen LogP contribution in [0.3, 0.4) is 0 Å². The number of aryl methyl sites for hydroxylation is 1. The number of hydrogen-bond donors (Lipinski definition) is 10. The molecule has 0 amide bonds. The van der Waals surface area contributed by atoms with Gasteiger partial charge in [0.1, 0.15) is 41.0 Å². The minimum absolute atomic E-state index is 0. The second kappa shape index (κ2) is 70.4. The van der Waals surface area contributed by atoms with E-state index in [1.807, 2.05) is 125 Å². The average Bonchev–Trinajstić information content (AvgIpc) is 1.11. The molecule has 6 aromatic carbocycles. The second-order valence-corrected chi connectivity index (χ2v) is 34.9. The van der Waals surface area contributed by atoms with E-state index in [1.165, 1.54) is 52.0 Å². The molecule has 6 aliphatic rings. The van der Waals surface area contributed by atoms with Crippen molar-refractivity contribution in [2.45, 2.75) is 302 Å². The highest BCUT2D eigenvalue weighted by Crippen LogP contribution is 2.34. The Morgan fingerprint density at radius 1 is 0.454 bits per heavy atom. The molecule has 0 bridgehead atoms. The zero-order chi connectivity index (χ0) is 95.2. The zero-order valence-electron chi connectivity index (χ0n) is 78.7. The molecule has 0 unspecified atom stereocenters. The van der Waals surface area contributed by atoms with E-state index < -0.39 is 28.4 Å². The van der Waals surface area contributed by atoms with E-state index >= 15 is 0 Å². The van der Waals surface area contributed by atoms with Gasteiger partial charge in [0.05, 0.1) is 68.4 Å². The van der Waals surface area contributed by atoms with Crippen LogP contribution in [-0.2, 0) is 38.1 Å². The maximum atomic E-state index is 12.0. The summed E-state index contributed by atoms with van der Waals surface area (Å²) in [6, 6.07) is 42.9. The van der Waals surface area contributed by atoms with E-state index in [4.69, 9.17) is 64.4 Å². The van der Waals surface area contributed by atoms with Crippen molar-refractivity contribution in [3.63, 3.8) is 0 Å². The van der Waals surface area contributed by atoms with E-state index in [9.17, 15) is 57.9 Å². The average molecular weight is 1860 g/mol. The molecule has 732 valence electrons. The summed E-state index contributed by atoms with van der Waals surface area (Å²) < 4.78 is 68.2. The van der Waals surface area contributed by atoms with E-state index in [2.05, 4.69) is 18.5 Å². The molecule has 13 N–H and O–H groups in total. The number of benzene rings is 6. The predicted molar refractivity (Wildman–Crippen MR) is 511 cm³/mol. The molecule has 12 atom stereocenters. The van der Waals surface area contributed by atoms with Crippen LogP contribution in [0.1, 0.15) is 309 Å². The lowest BCUT2D eigenvalue weighted by Crippen LogP contribution is -2.33. The van der Waals surface area contributed by atoms with Crippen LogP contribution in [0, 0.1) is 47.6 Å². The van der Waals surface area contributed by atoms with Gasteiger partial charge in [-0.2, -0.15) is 8.42 Å². The fourth-order valence-corrected chi connectivity index (χ4v) is 16.5. The maximum absolute atomic E-state index is 12.0. The summed E-state index contributed by atoms with van der Waals surface area (Å²) in [7, 11) is -3.71. The van der Waals surface area contributed by atoms with E-state index in [-0.39, 0.29) is 114 Å². The van der Waals surface area contributed by atoms with Crippen molar-refractivity contribution in [3.8, 4) is 28.7 Å². The highest BCUT2D eigenvalue weighted by Gasteiger charge is 2.32. The van der Waals surface area contributed by atoms with Crippen LogP contribution in [0.2, 0.25) is 0 Å². The number of halogens is 1. The van der Waals surface area contributed by atoms with Gasteiger partial charge in [-0.3, -0.25) is 28.2 Å². The third-order valence-electron chi connectivity index (χ3n) is 22.8. The Hall–Kier alpha value is -8.29. The molecule has 5 saturated carbocycles. The van der Waals surface area contributed by atoms with Gasteiger partial charge >= 0.3 is 11.9 Å². The van der Waals surface area contributed by atoms with E-state index in [0.29, 0.717) is 81.1 Å². The Morgan fingerprint density at radius 3 is 1.12 bits per heavy atom. The van der Waals surface area contributed by atoms with Gasteiger partial charge in [-0.05, 0) is 226 Å². The Kier molecular flexibility index (Phi) is 63.8. The minimum Gasteiger partial charge on any atom is -0.508 e. The third kappa shape index (κ3) is 48.4. The molecule has 1 saturated heterocycles. The molecule has 5 aliphatic carbocycles. The normalized spacial score (nSPS) is 20.4. The first-order valence-electron chi connectivity index (χ1n) is 46.8. The van der Waals surface area contributed by atoms with Gasteiger partial charge in [0.15, 0.2) is 17.3 Å². The number of phenolic OH excluding ortho intramolecular Hbond substituents is 1. The van der Waals surface area contributed by atoms with Gasteiger partial charge in [0.2, 0.25) is 0 Å². The predicted octanol–water partition coefficient (Wildman–Crippen LogP) is 20.1. The van der Waals surface area contributed by atoms with Gasteiger partial charge < -0.3 is 80.1 Å². The number of ketones is 3. The summed E-state index contributed by atoms with van der Waals surface area (Å²) >= 11 is 4.64. The van der Waals surface area contributed by atoms with Crippen molar-refractivity contribution in [3.05, 3.63) is 179 Å². The lowest BCUT2D eigenvalue weighted by molar-refractivity contribution is -0.152. The van der Waals surface area contributed by atoms with Gasteiger partial charge in [0, 0.05) is 107 Å². The minimum atomic E-state index is -3.71. The number of esters is 2. The number of ether oxygens (including phenoxy) is 7. The summed E-state index contributed by atoms with van der Waals surface area (Å²) in [5.41, 5.74) is 20.2. The van der Waals surface area contributed by atoms with E-state index in [1.54, 1.807) is 49.4 Å². The standard InChI is InChI=1S/C19H28O4.C19H26O4.C17H24O3.C16H25NO3.C14H20O4S.C10H12O2.C4H8O.C2H6O.CH3Cl.H2N2.H2O.H2/c2*1-3-7-18(21)15-9-6-10-17(12-15)22-13-16-8-4-5-11-19(16)23-14(2)20;1-2-6-16(18)13-8-5-9-15(11-13)20-12-14-7-3-4-10-17(14)19;17-9-8-16(19)12-5-3-6-14(10-12)20-11-13-4-1-2-7-15(13)18;1-11-6-8-13(9-7-11)19(16,17)18-10-12-4-2-3-5-14(12)15;1-2-4-10(12)8-5-3-6-9(11)7-8;1-2-4-5-3-1;1-2-3;2*1-2;;/h6,9-10,12,16,18-19,21H,3-5,7-8,11,13H2,1-2H3;6,9-10,12,16,19H,3-5,7-8,11,13H2,1-2H3;5,8-9,11,14,17,19H,2-4,6-7,10,12H2,1H3;3,5-6,10,13,15-16,18-19H,1-2,4,7-9,11,17H2;6-9,12,14-15H,2-5,10H2,1H3;3,5-7,11H,2,4H2,1H3;1-4H2;3H,2H2,1H3;1H3;1-2H;1H2;1H/t16-,18+,19+;16-,19+;14-,17+;13-,15+,16+;12-,14+;;;;;;;/m00000......./s1. The number of aliphatic hydroxyl groups is 6. The summed E-state index contributed by atoms with van der Waals surface area (Å²) in [5, 5.41) is 66.3. The number of nitrogens with two attached hydrogens (primary N) is 1. The molecule has 130 heavy (non-hydrogen) atoms. The summed E-state index contributed by atoms with van der Waals surface area (Å²) in [5.74, 6) is 3.90. The molecular formula is C102H158ClN3O23S. The number of alkyl halides is 1. The molecule has 0 radical (unpaired) electrons. The van der Waals surface area contributed by atoms with Crippen molar-refractivity contribution < 1.29 is 112 Å². The Morgan fingerprint density at radius 2 is 0.777 bits per heavy atom. The van der Waals surface area contributed by atoms with Crippen molar-refractivity contribution in [2.75, 3.05) is 65.8 Å². The number of carbonyl (C=O) groups excluding carboxylic acids is 5. The van der Waals surface area contributed by atoms with Gasteiger partial charge in [-0.25, -0.2) is 11.1 Å². The largest absolute Gasteiger partial charge is 0.508 e. The lowest BCUT2D eigenvalue weighted by atomic mass is 9.87. The SMILES string of the molecule is C1CCOC1.CCCC(=O)c1cccc(O)c1.CCCC(=O)c1cccc(OC[C@@H]2CCCC[C@H]2O)c1.CCCC(=O)c1cccc(OC[C@@H]2CCCC[C@H]2OC(C)=O)c1.CCC[C@@H](O)c1cccc(OC[C@@H]2CCCC[C@H]2OC(C)=O)c1.CCO.CCl.Cc1ccc(S(=O)(=O)OC[C@@H]2CCCC[C@H]2O)cc1.N=N.NCC[C@@H](O)c1cccc(OC[C@@H]2CCCC[C@H]2O)c1.O.[HH]. The smallest absolute Gasteiger partial charge is 0.302 e. The first-order chi connectivity index (χ1) is 62.2. The molecule has 12 rings (SSSR count). The van der Waals surface area contributed by atoms with Crippen LogP contribution in [0.4, 0.5) is 0 Å². The highest BCUT2D eigenvalue weighted by molar-refractivity contribution is 7.86. The van der Waals surface area contributed by atoms with Gasteiger partial charge in [-0.1, -0.05) is 164 Å². The number of aromatic hydroxyl groups is 1. The lowest BCUT2D eigenvalue weighted by Gasteiger charge is -2.30. The fraction of sp³-hybridized carbons (Fsp3) is 0.598. The van der Waals surface area contributed by atoms with Crippen LogP contribution in [-0.4, -0.2) is 175 Å². The fourth-order valence-electron chi connectivity index (χ4n) is 15.6. The number of rotatable bonds is 33. The number of phenols is 1. The number of Topliss-reactive ketones (excluding diaryl/α,β-unsaturated/α-hetero) is 3. The molecule has 28 heteroatoms. The summed E-state index contributed by atoms with van der Waals surface area (Å²) in [6.07, 6.45) is 28.8. The number of aliphatic hydroxyl groups excluding tert-OH is 6. The van der Waals surface area contributed by atoms with E-state index in [0.717, 1.165) is 195 Å². The number of nitrogens with one attached hydrogen (secondary N) is 2. The van der Waals surface area contributed by atoms with Gasteiger partial charge in [-0.15, -0.1) is 11.6 Å². The van der Waals surface area contributed by atoms with Crippen LogP contribution < -0.4 is 24.7 Å². The Labute approximate surface area is 781 Å². The summed E-state index contributed by atoms with van der Waals surface area (Å²) in [4.78, 5) is 57.7. The first-order valence-corrected chi connectivity index (χ1v) is 48.9. The number of carbonyl (C=O) groups is 5. The molecule has 6 fully saturated rings. The quantitative estimate of drug-likeness (QED) is 0.00601. The maximum Gasteiger partial charge on any atom is 0.302 e. The molecule has 1 heterocycles. The van der Waals surface area contributed by atoms with Crippen LogP contribution in [0.5, 0.6) is 28.7 Å². The van der Waals surface area contributed by atoms with Crippen LogP contribution in [0.25, 0.3) is 0 Å². The monoisotopic (exact) mass is 1860 g/mol. The Bertz CT molecular complexity index is 4140. The van der Waals surface area contributed by atoms with Crippen molar-refractivity contribution in [1.82, 2.24) is 0 Å². The second-order valence-electron chi connectivity index (χ2n) is 33.3. The molecule has 26 nitrogen and oxygen atoms in total. The van der Waals surface area contributed by atoms with Crippen LogP contribution in [0.15, 0.2) is 150 Å². The zero-order valence-corrected chi connectivity index (χ0v) is 80.3. The topological polar surface area (TPSA) is 440 Å². The summed E-state index contributed by atoms with van der Waals surface area (Å²) in [6.45, 7) is 19.4. The highest BCUT2D eigenvalue weighted by atomic mass is 35.5. The third-order valence-corrected chi connectivity index (χ3v) is 24.0. The molecule has 1 aliphatic heterocycles. The van der Waals surface area contributed by atoms with Gasteiger partial charge in [0.25, 0.3) is 10.1 Å². The molecule has 6 aromatic rings. The Balaban J connectivity index is 0.000000768. The number of hydrogen-bond acceptors (Lipinski definition) is 25. The molecular weight excluding hydrogens is 1700 g/mol. The van der Waals surface area contributed by atoms with Crippen LogP contribution >= 0.6 is 11.6 Å². The molecule has 0 aromatic heterocycles.